The van der Waals surface area contributed by atoms with Crippen molar-refractivity contribution in [1.82, 2.24) is 0 Å². The van der Waals surface area contributed by atoms with E-state index in [4.69, 9.17) is 28.9 Å². The number of hydrogen-bond acceptors (Lipinski definition) is 1. The first-order chi connectivity index (χ1) is 9.48. The maximum Gasteiger partial charge on any atom is 0.0484 e. The van der Waals surface area contributed by atoms with E-state index in [1.165, 1.54) is 18.4 Å². The van der Waals surface area contributed by atoms with E-state index in [-0.39, 0.29) is 15.8 Å². The fourth-order valence-electron chi connectivity index (χ4n) is 4.29. The number of hydrogen-bond donors (Lipinski definition) is 1. The summed E-state index contributed by atoms with van der Waals surface area (Å²) in [7, 11) is 0. The van der Waals surface area contributed by atoms with Crippen LogP contribution in [-0.2, 0) is 0 Å². The Morgan fingerprint density at radius 1 is 1.20 bits per heavy atom. The number of fused-ring (bicyclic) bond motifs is 2. The van der Waals surface area contributed by atoms with Gasteiger partial charge in [-0.15, -0.1) is 23.2 Å². The van der Waals surface area contributed by atoms with Crippen LogP contribution in [0.15, 0.2) is 30.3 Å². The molecule has 20 heavy (non-hydrogen) atoms. The molecule has 3 rings (SSSR count). The lowest BCUT2D eigenvalue weighted by atomic mass is 9.65. The molecular weight excluding hydrogens is 289 g/mol. The highest BCUT2D eigenvalue weighted by Crippen LogP contribution is 2.54. The van der Waals surface area contributed by atoms with Crippen molar-refractivity contribution in [3.63, 3.8) is 0 Å². The maximum absolute atomic E-state index is 6.95. The molecule has 0 heterocycles. The maximum atomic E-state index is 6.95. The average Bonchev–Trinajstić information content (AvgIpc) is 2.37. The smallest absolute Gasteiger partial charge is 0.0484 e. The fourth-order valence-corrected chi connectivity index (χ4v) is 5.61. The van der Waals surface area contributed by atoms with Gasteiger partial charge in [-0.1, -0.05) is 43.2 Å². The molecule has 110 valence electrons. The Kier molecular flexibility index (Phi) is 4.05. The molecule has 0 aliphatic heterocycles. The Hall–Kier alpha value is -0.240. The third-order valence-electron chi connectivity index (χ3n) is 4.99. The Bertz CT molecular complexity index is 463. The molecule has 4 atom stereocenters. The lowest BCUT2D eigenvalue weighted by molar-refractivity contribution is 0.162. The van der Waals surface area contributed by atoms with Crippen LogP contribution in [0.4, 0.5) is 0 Å². The monoisotopic (exact) mass is 311 g/mol. The topological polar surface area (TPSA) is 26.0 Å². The van der Waals surface area contributed by atoms with Crippen LogP contribution in [0.25, 0.3) is 0 Å². The van der Waals surface area contributed by atoms with Crippen LogP contribution in [0.5, 0.6) is 0 Å². The second-order valence-electron chi connectivity index (χ2n) is 6.87. The zero-order valence-corrected chi connectivity index (χ0v) is 13.3. The van der Waals surface area contributed by atoms with Crippen molar-refractivity contribution < 1.29 is 0 Å². The second-order valence-corrected chi connectivity index (χ2v) is 8.47. The Labute approximate surface area is 131 Å². The molecule has 2 N–H and O–H groups in total. The number of alkyl halides is 2. The van der Waals surface area contributed by atoms with Crippen molar-refractivity contribution in [2.45, 2.75) is 60.7 Å². The zero-order valence-electron chi connectivity index (χ0n) is 11.8. The van der Waals surface area contributed by atoms with Gasteiger partial charge in [-0.25, -0.2) is 0 Å². The third-order valence-corrected chi connectivity index (χ3v) is 5.91. The highest BCUT2D eigenvalue weighted by atomic mass is 35.5. The summed E-state index contributed by atoms with van der Waals surface area (Å²) in [5.41, 5.74) is 7.55. The molecule has 2 fully saturated rings. The number of nitrogens with two attached hydrogens (primary N) is 1. The van der Waals surface area contributed by atoms with Crippen LogP contribution >= 0.6 is 23.2 Å². The van der Waals surface area contributed by atoms with Gasteiger partial charge in [0, 0.05) is 15.8 Å². The summed E-state index contributed by atoms with van der Waals surface area (Å²) < 4.78 is 0. The summed E-state index contributed by atoms with van der Waals surface area (Å²) in [5.74, 6) is 0.690. The first-order valence-electron chi connectivity index (χ1n) is 7.66. The molecular formula is C17H23Cl2N. The van der Waals surface area contributed by atoms with E-state index in [0.717, 1.165) is 32.1 Å². The second kappa shape index (κ2) is 5.51. The largest absolute Gasteiger partial charge is 0.324 e. The average molecular weight is 312 g/mol. The van der Waals surface area contributed by atoms with Crippen molar-refractivity contribution in [2.24, 2.45) is 11.7 Å². The van der Waals surface area contributed by atoms with E-state index in [0.29, 0.717) is 5.92 Å². The van der Waals surface area contributed by atoms with Crippen molar-refractivity contribution in [2.75, 3.05) is 0 Å². The summed E-state index contributed by atoms with van der Waals surface area (Å²) in [5, 5.41) is 0. The van der Waals surface area contributed by atoms with Crippen LogP contribution in [0.2, 0.25) is 0 Å². The van der Waals surface area contributed by atoms with Crippen LogP contribution in [0.1, 0.15) is 56.6 Å². The molecule has 1 aromatic rings. The highest BCUT2D eigenvalue weighted by Gasteiger charge is 2.48. The minimum atomic E-state index is -0.222. The van der Waals surface area contributed by atoms with Crippen LogP contribution in [-0.4, -0.2) is 9.75 Å². The fraction of sp³-hybridized carbons (Fsp3) is 0.647. The van der Waals surface area contributed by atoms with E-state index in [9.17, 15) is 0 Å². The molecule has 2 bridgehead atoms. The predicted molar refractivity (Wildman–Crippen MR) is 86.3 cm³/mol. The zero-order chi connectivity index (χ0) is 14.2. The molecule has 0 amide bonds. The standard InChI is InChI=1S/C17H23Cl2N/c18-16-8-4-5-13(9-16)10-17(19,12-16)11-15(20)14-6-2-1-3-7-14/h1-3,6-7,13,15H,4-5,8-12,20H2/t13?,15-,16-,17-/m1/s1. The summed E-state index contributed by atoms with van der Waals surface area (Å²) in [6.45, 7) is 0. The van der Waals surface area contributed by atoms with E-state index >= 15 is 0 Å². The van der Waals surface area contributed by atoms with Crippen molar-refractivity contribution >= 4 is 23.2 Å². The summed E-state index contributed by atoms with van der Waals surface area (Å²) in [4.78, 5) is -0.292. The molecule has 2 saturated carbocycles. The third kappa shape index (κ3) is 3.16. The van der Waals surface area contributed by atoms with E-state index < -0.39 is 0 Å². The lowest BCUT2D eigenvalue weighted by Gasteiger charge is -2.49. The SMILES string of the molecule is N[C@H](C[C@]1(Cl)CC2CCC[C@@](Cl)(C2)C1)c1ccccc1. The van der Waals surface area contributed by atoms with Crippen LogP contribution < -0.4 is 5.73 Å². The van der Waals surface area contributed by atoms with Gasteiger partial charge >= 0.3 is 0 Å². The minimum Gasteiger partial charge on any atom is -0.324 e. The number of benzene rings is 1. The number of rotatable bonds is 3. The van der Waals surface area contributed by atoms with Gasteiger partial charge in [0.1, 0.15) is 0 Å². The van der Waals surface area contributed by atoms with Gasteiger partial charge in [0.2, 0.25) is 0 Å². The number of halogens is 2. The quantitative estimate of drug-likeness (QED) is 0.780. The van der Waals surface area contributed by atoms with Crippen molar-refractivity contribution in [1.29, 1.82) is 0 Å². The normalized spacial score (nSPS) is 38.5. The molecule has 0 spiro atoms. The Morgan fingerprint density at radius 3 is 2.65 bits per heavy atom. The predicted octanol–water partition coefficient (Wildman–Crippen LogP) is 5.02. The van der Waals surface area contributed by atoms with Crippen molar-refractivity contribution in [3.8, 4) is 0 Å². The molecule has 2 aliphatic rings. The summed E-state index contributed by atoms with van der Waals surface area (Å²) in [6.07, 6.45) is 7.59. The van der Waals surface area contributed by atoms with Gasteiger partial charge in [0.05, 0.1) is 0 Å². The summed E-state index contributed by atoms with van der Waals surface area (Å²) >= 11 is 13.7. The molecule has 2 aliphatic carbocycles. The van der Waals surface area contributed by atoms with Gasteiger partial charge in [0.25, 0.3) is 0 Å². The molecule has 3 heteroatoms. The molecule has 0 radical (unpaired) electrons. The molecule has 1 aromatic carbocycles. The van der Waals surface area contributed by atoms with Crippen LogP contribution in [0.3, 0.4) is 0 Å². The van der Waals surface area contributed by atoms with Gasteiger partial charge in [-0.05, 0) is 43.6 Å². The Balaban J connectivity index is 1.73. The first-order valence-corrected chi connectivity index (χ1v) is 8.42. The lowest BCUT2D eigenvalue weighted by Crippen LogP contribution is -2.46. The van der Waals surface area contributed by atoms with Gasteiger partial charge in [0.15, 0.2) is 0 Å². The van der Waals surface area contributed by atoms with Gasteiger partial charge in [-0.3, -0.25) is 0 Å². The highest BCUT2D eigenvalue weighted by molar-refractivity contribution is 6.27. The molecule has 0 aromatic heterocycles. The Morgan fingerprint density at radius 2 is 1.95 bits per heavy atom. The van der Waals surface area contributed by atoms with Crippen molar-refractivity contribution in [3.05, 3.63) is 35.9 Å². The minimum absolute atomic E-state index is 0.00722. The van der Waals surface area contributed by atoms with Crippen LogP contribution in [0, 0.1) is 5.92 Å². The summed E-state index contributed by atoms with van der Waals surface area (Å²) in [6, 6.07) is 10.3. The first kappa shape index (κ1) is 14.7. The molecule has 1 unspecified atom stereocenters. The van der Waals surface area contributed by atoms with Gasteiger partial charge in [-0.2, -0.15) is 0 Å². The van der Waals surface area contributed by atoms with E-state index in [1.807, 2.05) is 18.2 Å². The van der Waals surface area contributed by atoms with Gasteiger partial charge < -0.3 is 5.73 Å². The van der Waals surface area contributed by atoms with E-state index in [1.54, 1.807) is 0 Å². The molecule has 1 nitrogen and oxygen atoms in total. The van der Waals surface area contributed by atoms with E-state index in [2.05, 4.69) is 12.1 Å². The molecule has 0 saturated heterocycles.